The highest BCUT2D eigenvalue weighted by Gasteiger charge is 2.41. The molecule has 4 rings (SSSR count). The molecule has 9 heteroatoms. The van der Waals surface area contributed by atoms with Crippen molar-refractivity contribution >= 4 is 17.3 Å². The largest absolute Gasteiger partial charge is 0.488 e. The van der Waals surface area contributed by atoms with Crippen molar-refractivity contribution in [1.82, 2.24) is 4.98 Å². The van der Waals surface area contributed by atoms with Gasteiger partial charge in [0, 0.05) is 16.7 Å². The number of alkyl halides is 3. The molecule has 1 heterocycles. The summed E-state index contributed by atoms with van der Waals surface area (Å²) in [5.41, 5.74) is 3.31. The first-order chi connectivity index (χ1) is 16.6. The molecule has 0 N–H and O–H groups in total. The molecule has 1 aliphatic rings. The molecule has 3 aromatic rings. The number of nitrogens with zero attached hydrogens (tertiary/aromatic N) is 2. The molecule has 1 aromatic heterocycles. The lowest BCUT2D eigenvalue weighted by molar-refractivity contribution is -0.385. The standard InChI is InChI=1S/C26H24ClF3N2O3/c1-16-24(32(33)34)12-11-23(31-16)22-14-21(27)10-13-25(22)35-15-17-2-4-18(5-3-17)19-6-8-20(9-7-19)26(28,29)30/h2-5,10-14,19-20H,6-9,15H2,1H3/t19-,20-. The Bertz CT molecular complexity index is 1210. The molecule has 0 saturated heterocycles. The Morgan fingerprint density at radius 3 is 2.34 bits per heavy atom. The van der Waals surface area contributed by atoms with Gasteiger partial charge in [-0.2, -0.15) is 13.2 Å². The van der Waals surface area contributed by atoms with Crippen molar-refractivity contribution in [3.63, 3.8) is 0 Å². The summed E-state index contributed by atoms with van der Waals surface area (Å²) in [6, 6.07) is 15.9. The number of aryl methyl sites for hydroxylation is 1. The van der Waals surface area contributed by atoms with E-state index in [-0.39, 0.29) is 31.1 Å². The number of pyridine rings is 1. The maximum Gasteiger partial charge on any atom is 0.391 e. The van der Waals surface area contributed by atoms with Crippen molar-refractivity contribution in [1.29, 1.82) is 0 Å². The zero-order valence-corrected chi connectivity index (χ0v) is 19.8. The van der Waals surface area contributed by atoms with Crippen LogP contribution in [0.15, 0.2) is 54.6 Å². The first-order valence-corrected chi connectivity index (χ1v) is 11.7. The number of hydrogen-bond acceptors (Lipinski definition) is 4. The van der Waals surface area contributed by atoms with E-state index in [0.29, 0.717) is 40.6 Å². The van der Waals surface area contributed by atoms with Crippen molar-refractivity contribution in [2.24, 2.45) is 5.92 Å². The second-order valence-electron chi connectivity index (χ2n) is 8.82. The van der Waals surface area contributed by atoms with Gasteiger partial charge in [0.05, 0.1) is 16.5 Å². The lowest BCUT2D eigenvalue weighted by Gasteiger charge is -2.30. The van der Waals surface area contributed by atoms with E-state index in [4.69, 9.17) is 16.3 Å². The molecule has 2 aromatic carbocycles. The molecule has 0 spiro atoms. The van der Waals surface area contributed by atoms with Crippen molar-refractivity contribution in [2.45, 2.75) is 51.3 Å². The van der Waals surface area contributed by atoms with Crippen molar-refractivity contribution in [2.75, 3.05) is 0 Å². The molecule has 0 radical (unpaired) electrons. The van der Waals surface area contributed by atoms with Crippen LogP contribution >= 0.6 is 11.6 Å². The maximum absolute atomic E-state index is 12.9. The number of rotatable bonds is 6. The third kappa shape index (κ3) is 5.93. The van der Waals surface area contributed by atoms with Crippen LogP contribution in [-0.4, -0.2) is 16.1 Å². The Labute approximate surface area is 206 Å². The van der Waals surface area contributed by atoms with Crippen LogP contribution < -0.4 is 4.74 Å². The molecule has 35 heavy (non-hydrogen) atoms. The lowest BCUT2D eigenvalue weighted by Crippen LogP contribution is -2.27. The van der Waals surface area contributed by atoms with Gasteiger partial charge in [0.1, 0.15) is 18.1 Å². The quantitative estimate of drug-likeness (QED) is 0.252. The Morgan fingerprint density at radius 2 is 1.74 bits per heavy atom. The zero-order chi connectivity index (χ0) is 25.2. The minimum Gasteiger partial charge on any atom is -0.488 e. The molecule has 0 bridgehead atoms. The van der Waals surface area contributed by atoms with Gasteiger partial charge in [0.25, 0.3) is 5.69 Å². The number of ether oxygens (including phenoxy) is 1. The second kappa shape index (κ2) is 10.2. The van der Waals surface area contributed by atoms with Gasteiger partial charge in [-0.1, -0.05) is 35.9 Å². The minimum atomic E-state index is -4.10. The van der Waals surface area contributed by atoms with Gasteiger partial charge in [-0.3, -0.25) is 10.1 Å². The molecule has 5 nitrogen and oxygen atoms in total. The molecule has 0 atom stereocenters. The van der Waals surface area contributed by atoms with Gasteiger partial charge in [-0.05, 0) is 73.9 Å². The van der Waals surface area contributed by atoms with Crippen molar-refractivity contribution in [3.05, 3.63) is 86.6 Å². The summed E-state index contributed by atoms with van der Waals surface area (Å²) in [5, 5.41) is 11.6. The third-order valence-corrected chi connectivity index (χ3v) is 6.74. The maximum atomic E-state index is 12.9. The molecular weight excluding hydrogens is 481 g/mol. The Hall–Kier alpha value is -3.13. The van der Waals surface area contributed by atoms with Crippen molar-refractivity contribution in [3.8, 4) is 17.0 Å². The summed E-state index contributed by atoms with van der Waals surface area (Å²) in [5.74, 6) is -0.512. The van der Waals surface area contributed by atoms with E-state index in [2.05, 4.69) is 4.98 Å². The highest BCUT2D eigenvalue weighted by Crippen LogP contribution is 2.43. The predicted octanol–water partition coefficient (Wildman–Crippen LogP) is 8.03. The molecular formula is C26H24ClF3N2O3. The van der Waals surface area contributed by atoms with Crippen LogP contribution in [0.5, 0.6) is 5.75 Å². The fourth-order valence-corrected chi connectivity index (χ4v) is 4.70. The molecule has 1 aliphatic carbocycles. The number of nitro groups is 1. The van der Waals surface area contributed by atoms with E-state index < -0.39 is 17.0 Å². The summed E-state index contributed by atoms with van der Waals surface area (Å²) < 4.78 is 44.8. The summed E-state index contributed by atoms with van der Waals surface area (Å²) in [7, 11) is 0. The van der Waals surface area contributed by atoms with Crippen LogP contribution in [-0.2, 0) is 6.61 Å². The van der Waals surface area contributed by atoms with Gasteiger partial charge in [0.15, 0.2) is 0 Å². The number of benzene rings is 2. The SMILES string of the molecule is Cc1nc(-c2cc(Cl)ccc2OCc2ccc([C@H]3CC[C@H](C(F)(F)F)CC3)cc2)ccc1[N+](=O)[O-]. The summed E-state index contributed by atoms with van der Waals surface area (Å²) >= 11 is 6.18. The molecule has 0 amide bonds. The Kier molecular flexibility index (Phi) is 7.31. The van der Waals surface area contributed by atoms with Gasteiger partial charge < -0.3 is 4.74 Å². The number of hydrogen-bond donors (Lipinski definition) is 0. The monoisotopic (exact) mass is 504 g/mol. The zero-order valence-electron chi connectivity index (χ0n) is 19.0. The first-order valence-electron chi connectivity index (χ1n) is 11.3. The highest BCUT2D eigenvalue weighted by molar-refractivity contribution is 6.30. The third-order valence-electron chi connectivity index (χ3n) is 6.51. The van der Waals surface area contributed by atoms with Crippen LogP contribution in [0.4, 0.5) is 18.9 Å². The predicted molar refractivity (Wildman–Crippen MR) is 128 cm³/mol. The van der Waals surface area contributed by atoms with Crippen LogP contribution in [0.1, 0.15) is 48.4 Å². The molecule has 1 saturated carbocycles. The van der Waals surface area contributed by atoms with Gasteiger partial charge >= 0.3 is 6.18 Å². The molecule has 0 aliphatic heterocycles. The van der Waals surface area contributed by atoms with E-state index in [0.717, 1.165) is 11.1 Å². The average Bonchev–Trinajstić information content (AvgIpc) is 2.83. The van der Waals surface area contributed by atoms with E-state index >= 15 is 0 Å². The first kappa shape index (κ1) is 25.0. The summed E-state index contributed by atoms with van der Waals surface area (Å²) in [4.78, 5) is 15.0. The van der Waals surface area contributed by atoms with Gasteiger partial charge in [0.2, 0.25) is 0 Å². The molecule has 1 fully saturated rings. The smallest absolute Gasteiger partial charge is 0.391 e. The molecule has 0 unspecified atom stereocenters. The van der Waals surface area contributed by atoms with E-state index in [1.54, 1.807) is 31.2 Å². The average molecular weight is 505 g/mol. The van der Waals surface area contributed by atoms with Gasteiger partial charge in [-0.25, -0.2) is 4.98 Å². The minimum absolute atomic E-state index is 0.0646. The Balaban J connectivity index is 1.44. The number of halogens is 4. The summed E-state index contributed by atoms with van der Waals surface area (Å²) in [6.45, 7) is 1.84. The van der Waals surface area contributed by atoms with E-state index in [9.17, 15) is 23.3 Å². The van der Waals surface area contributed by atoms with Crippen LogP contribution in [0.2, 0.25) is 5.02 Å². The van der Waals surface area contributed by atoms with Crippen molar-refractivity contribution < 1.29 is 22.8 Å². The lowest BCUT2D eigenvalue weighted by atomic mass is 9.78. The van der Waals surface area contributed by atoms with Crippen LogP contribution in [0, 0.1) is 23.0 Å². The van der Waals surface area contributed by atoms with E-state index in [1.807, 2.05) is 24.3 Å². The molecule has 184 valence electrons. The normalized spacial score (nSPS) is 18.3. The van der Waals surface area contributed by atoms with Crippen LogP contribution in [0.3, 0.4) is 0 Å². The van der Waals surface area contributed by atoms with Crippen LogP contribution in [0.25, 0.3) is 11.3 Å². The Morgan fingerprint density at radius 1 is 1.06 bits per heavy atom. The van der Waals surface area contributed by atoms with E-state index in [1.165, 1.54) is 6.07 Å². The summed E-state index contributed by atoms with van der Waals surface area (Å²) in [6.07, 6.45) is -2.68. The fourth-order valence-electron chi connectivity index (χ4n) is 4.53. The number of aromatic nitrogens is 1. The fraction of sp³-hybridized carbons (Fsp3) is 0.346. The highest BCUT2D eigenvalue weighted by atomic mass is 35.5. The van der Waals surface area contributed by atoms with Gasteiger partial charge in [-0.15, -0.1) is 0 Å². The topological polar surface area (TPSA) is 65.3 Å². The second-order valence-corrected chi connectivity index (χ2v) is 9.26.